The van der Waals surface area contributed by atoms with Crippen LogP contribution in [0.15, 0.2) is 40.8 Å². The normalized spacial score (nSPS) is 12.5. The number of methoxy groups -OCH3 is 2. The van der Waals surface area contributed by atoms with E-state index >= 15 is 0 Å². The third-order valence-electron chi connectivity index (χ3n) is 5.58. The first kappa shape index (κ1) is 20.9. The van der Waals surface area contributed by atoms with Crippen molar-refractivity contribution < 1.29 is 13.9 Å². The van der Waals surface area contributed by atoms with Crippen molar-refractivity contribution in [2.75, 3.05) is 21.3 Å². The lowest BCUT2D eigenvalue weighted by atomic mass is 9.95. The standard InChI is InChI=1S/C24H28N4O3/c1-13(2)21-17-11-16(24-28-27-23(31-24)14(3)25-4)7-9-18(17)26-22(21)15-8-10-19(29-5)20(12-15)30-6/h7-14,25-26H,1-6H3. The van der Waals surface area contributed by atoms with Gasteiger partial charge in [-0.15, -0.1) is 10.2 Å². The predicted octanol–water partition coefficient (Wildman–Crippen LogP) is 5.31. The Kier molecular flexibility index (Phi) is 5.69. The number of rotatable bonds is 7. The van der Waals surface area contributed by atoms with Crippen LogP contribution in [0.3, 0.4) is 0 Å². The number of ether oxygens (including phenoxy) is 2. The van der Waals surface area contributed by atoms with Gasteiger partial charge >= 0.3 is 0 Å². The van der Waals surface area contributed by atoms with Crippen LogP contribution in [0.5, 0.6) is 11.5 Å². The van der Waals surface area contributed by atoms with E-state index in [0.717, 1.165) is 27.7 Å². The van der Waals surface area contributed by atoms with Crippen molar-refractivity contribution in [3.63, 3.8) is 0 Å². The molecule has 0 radical (unpaired) electrons. The zero-order chi connectivity index (χ0) is 22.1. The van der Waals surface area contributed by atoms with Crippen molar-refractivity contribution in [2.45, 2.75) is 32.7 Å². The lowest BCUT2D eigenvalue weighted by Gasteiger charge is -2.12. The lowest BCUT2D eigenvalue weighted by molar-refractivity contribution is 0.355. The molecule has 7 heteroatoms. The van der Waals surface area contributed by atoms with E-state index in [1.165, 1.54) is 5.56 Å². The van der Waals surface area contributed by atoms with Crippen molar-refractivity contribution in [1.29, 1.82) is 0 Å². The number of hydrogen-bond donors (Lipinski definition) is 2. The Hall–Kier alpha value is -3.32. The number of nitrogens with one attached hydrogen (secondary N) is 2. The molecule has 0 aliphatic carbocycles. The molecular weight excluding hydrogens is 392 g/mol. The van der Waals surface area contributed by atoms with E-state index in [-0.39, 0.29) is 6.04 Å². The van der Waals surface area contributed by atoms with Crippen LogP contribution in [0.1, 0.15) is 44.2 Å². The summed E-state index contributed by atoms with van der Waals surface area (Å²) < 4.78 is 16.8. The fourth-order valence-corrected chi connectivity index (χ4v) is 3.81. The minimum Gasteiger partial charge on any atom is -0.493 e. The number of fused-ring (bicyclic) bond motifs is 1. The van der Waals surface area contributed by atoms with Gasteiger partial charge in [-0.2, -0.15) is 0 Å². The van der Waals surface area contributed by atoms with Crippen LogP contribution in [0.2, 0.25) is 0 Å². The number of aromatic amines is 1. The van der Waals surface area contributed by atoms with Crippen molar-refractivity contribution in [3.8, 4) is 34.2 Å². The molecule has 2 aromatic heterocycles. The second-order valence-corrected chi connectivity index (χ2v) is 7.85. The van der Waals surface area contributed by atoms with Gasteiger partial charge in [0, 0.05) is 22.0 Å². The van der Waals surface area contributed by atoms with Crippen molar-refractivity contribution in [2.24, 2.45) is 0 Å². The molecule has 0 amide bonds. The van der Waals surface area contributed by atoms with Crippen LogP contribution >= 0.6 is 0 Å². The van der Waals surface area contributed by atoms with Crippen molar-refractivity contribution in [1.82, 2.24) is 20.5 Å². The Morgan fingerprint density at radius 2 is 1.68 bits per heavy atom. The maximum atomic E-state index is 5.89. The van der Waals surface area contributed by atoms with Crippen LogP contribution in [0.25, 0.3) is 33.6 Å². The molecule has 0 aliphatic heterocycles. The Labute approximate surface area is 181 Å². The second-order valence-electron chi connectivity index (χ2n) is 7.85. The van der Waals surface area contributed by atoms with Gasteiger partial charge < -0.3 is 24.2 Å². The zero-order valence-corrected chi connectivity index (χ0v) is 18.7. The van der Waals surface area contributed by atoms with Crippen LogP contribution in [-0.4, -0.2) is 36.4 Å². The van der Waals surface area contributed by atoms with Gasteiger partial charge in [0.25, 0.3) is 0 Å². The fourth-order valence-electron chi connectivity index (χ4n) is 3.81. The minimum absolute atomic E-state index is 0.000111. The predicted molar refractivity (Wildman–Crippen MR) is 122 cm³/mol. The number of H-pyrrole nitrogens is 1. The van der Waals surface area contributed by atoms with Gasteiger partial charge in [0.2, 0.25) is 11.8 Å². The van der Waals surface area contributed by atoms with Crippen molar-refractivity contribution in [3.05, 3.63) is 47.9 Å². The van der Waals surface area contributed by atoms with Gasteiger partial charge in [0.05, 0.1) is 26.0 Å². The first-order chi connectivity index (χ1) is 15.0. The third-order valence-corrected chi connectivity index (χ3v) is 5.58. The third kappa shape index (κ3) is 3.77. The van der Waals surface area contributed by atoms with Crippen LogP contribution in [0.4, 0.5) is 0 Å². The molecule has 1 atom stereocenters. The number of aromatic nitrogens is 3. The molecule has 0 aliphatic rings. The highest BCUT2D eigenvalue weighted by Gasteiger charge is 2.20. The molecule has 4 rings (SSSR count). The highest BCUT2D eigenvalue weighted by atomic mass is 16.5. The second kappa shape index (κ2) is 8.43. The molecule has 2 N–H and O–H groups in total. The summed E-state index contributed by atoms with van der Waals surface area (Å²) in [5.74, 6) is 2.80. The van der Waals surface area contributed by atoms with E-state index in [4.69, 9.17) is 13.9 Å². The summed E-state index contributed by atoms with van der Waals surface area (Å²) in [6, 6.07) is 12.2. The van der Waals surface area contributed by atoms with Gasteiger partial charge in [-0.05, 0) is 61.9 Å². The first-order valence-electron chi connectivity index (χ1n) is 10.4. The summed E-state index contributed by atoms with van der Waals surface area (Å²) in [6.45, 7) is 6.37. The molecule has 0 saturated heterocycles. The van der Waals surface area contributed by atoms with Crippen LogP contribution in [0, 0.1) is 0 Å². The number of hydrogen-bond acceptors (Lipinski definition) is 6. The molecule has 162 valence electrons. The molecule has 1 unspecified atom stereocenters. The molecular formula is C24H28N4O3. The smallest absolute Gasteiger partial charge is 0.247 e. The molecule has 0 bridgehead atoms. The van der Waals surface area contributed by atoms with Crippen molar-refractivity contribution >= 4 is 10.9 Å². The van der Waals surface area contributed by atoms with E-state index in [9.17, 15) is 0 Å². The van der Waals surface area contributed by atoms with Gasteiger partial charge in [-0.25, -0.2) is 0 Å². The van der Waals surface area contributed by atoms with Gasteiger partial charge in [0.15, 0.2) is 11.5 Å². The molecule has 7 nitrogen and oxygen atoms in total. The largest absolute Gasteiger partial charge is 0.493 e. The highest BCUT2D eigenvalue weighted by molar-refractivity contribution is 5.94. The first-order valence-corrected chi connectivity index (χ1v) is 10.4. The molecule has 0 fully saturated rings. The minimum atomic E-state index is 0.000111. The van der Waals surface area contributed by atoms with E-state index < -0.39 is 0 Å². The average molecular weight is 421 g/mol. The van der Waals surface area contributed by atoms with E-state index in [0.29, 0.717) is 29.2 Å². The zero-order valence-electron chi connectivity index (χ0n) is 18.7. The van der Waals surface area contributed by atoms with Crippen LogP contribution in [-0.2, 0) is 0 Å². The monoisotopic (exact) mass is 420 g/mol. The number of nitrogens with zero attached hydrogens (tertiary/aromatic N) is 2. The topological polar surface area (TPSA) is 85.2 Å². The molecule has 4 aromatic rings. The quantitative estimate of drug-likeness (QED) is 0.422. The Bertz CT molecular complexity index is 1210. The van der Waals surface area contributed by atoms with Gasteiger partial charge in [-0.3, -0.25) is 0 Å². The Morgan fingerprint density at radius 1 is 0.935 bits per heavy atom. The molecule has 0 saturated carbocycles. The lowest BCUT2D eigenvalue weighted by Crippen LogP contribution is -2.12. The summed E-state index contributed by atoms with van der Waals surface area (Å²) in [5, 5.41) is 12.7. The molecule has 2 heterocycles. The summed E-state index contributed by atoms with van der Waals surface area (Å²) in [5.41, 5.74) is 5.29. The fraction of sp³-hybridized carbons (Fsp3) is 0.333. The van der Waals surface area contributed by atoms with E-state index in [1.807, 2.05) is 38.2 Å². The Morgan fingerprint density at radius 3 is 2.35 bits per heavy atom. The van der Waals surface area contributed by atoms with Gasteiger partial charge in [0.1, 0.15) is 0 Å². The maximum Gasteiger partial charge on any atom is 0.247 e. The molecule has 31 heavy (non-hydrogen) atoms. The summed E-state index contributed by atoms with van der Waals surface area (Å²) >= 11 is 0. The summed E-state index contributed by atoms with van der Waals surface area (Å²) in [4.78, 5) is 3.59. The summed E-state index contributed by atoms with van der Waals surface area (Å²) in [6.07, 6.45) is 0. The molecule has 0 spiro atoms. The summed E-state index contributed by atoms with van der Waals surface area (Å²) in [7, 11) is 5.16. The van der Waals surface area contributed by atoms with Crippen LogP contribution < -0.4 is 14.8 Å². The van der Waals surface area contributed by atoms with Gasteiger partial charge in [-0.1, -0.05) is 13.8 Å². The Balaban J connectivity index is 1.84. The van der Waals surface area contributed by atoms with E-state index in [1.54, 1.807) is 14.2 Å². The average Bonchev–Trinajstić information content (AvgIpc) is 3.42. The SMILES string of the molecule is CNC(C)c1nnc(-c2ccc3[nH]c(-c4ccc(OC)c(OC)c4)c(C(C)C)c3c2)o1. The molecule has 2 aromatic carbocycles. The maximum absolute atomic E-state index is 5.89. The highest BCUT2D eigenvalue weighted by Crippen LogP contribution is 2.40. The van der Waals surface area contributed by atoms with E-state index in [2.05, 4.69) is 46.5 Å². The number of benzene rings is 2.